The molecule has 0 spiro atoms. The molecule has 2 aliphatic heterocycles. The zero-order valence-corrected chi connectivity index (χ0v) is 7.19. The first kappa shape index (κ1) is 6.99. The molecule has 3 unspecified atom stereocenters. The van der Waals surface area contributed by atoms with Crippen LogP contribution in [0.25, 0.3) is 0 Å². The second kappa shape index (κ2) is 2.74. The smallest absolute Gasteiger partial charge is 0.0849 e. The van der Waals surface area contributed by atoms with Crippen LogP contribution in [0.4, 0.5) is 0 Å². The third-order valence-corrected chi connectivity index (χ3v) is 3.78. The average molecular weight is 158 g/mol. The number of hydrogen-bond donors (Lipinski definition) is 0. The highest BCUT2D eigenvalue weighted by Crippen LogP contribution is 2.35. The van der Waals surface area contributed by atoms with Crippen LogP contribution in [0.2, 0.25) is 0 Å². The summed E-state index contributed by atoms with van der Waals surface area (Å²) in [6, 6.07) is 0. The van der Waals surface area contributed by atoms with Crippen LogP contribution in [0.3, 0.4) is 0 Å². The number of thioether (sulfide) groups is 1. The second-order valence-electron chi connectivity index (χ2n) is 3.25. The normalized spacial score (nSPS) is 45.9. The van der Waals surface area contributed by atoms with Crippen LogP contribution in [0.15, 0.2) is 0 Å². The summed E-state index contributed by atoms with van der Waals surface area (Å²) in [7, 11) is 0. The Labute approximate surface area is 66.5 Å². The van der Waals surface area contributed by atoms with Crippen LogP contribution in [-0.4, -0.2) is 23.2 Å². The van der Waals surface area contributed by atoms with Crippen molar-refractivity contribution in [3.8, 4) is 0 Å². The maximum Gasteiger partial charge on any atom is 0.0849 e. The van der Waals surface area contributed by atoms with E-state index in [1.54, 1.807) is 0 Å². The van der Waals surface area contributed by atoms with Crippen molar-refractivity contribution < 1.29 is 4.74 Å². The fourth-order valence-electron chi connectivity index (χ4n) is 1.57. The van der Waals surface area contributed by atoms with Gasteiger partial charge < -0.3 is 4.74 Å². The molecular weight excluding hydrogens is 144 g/mol. The van der Waals surface area contributed by atoms with Gasteiger partial charge >= 0.3 is 0 Å². The molecule has 10 heavy (non-hydrogen) atoms. The molecule has 2 fully saturated rings. The Morgan fingerprint density at radius 2 is 2.40 bits per heavy atom. The van der Waals surface area contributed by atoms with E-state index in [1.165, 1.54) is 25.0 Å². The minimum Gasteiger partial charge on any atom is -0.370 e. The predicted molar refractivity (Wildman–Crippen MR) is 44.4 cm³/mol. The molecule has 3 atom stereocenters. The summed E-state index contributed by atoms with van der Waals surface area (Å²) in [6.45, 7) is 2.17. The maximum absolute atomic E-state index is 5.37. The van der Waals surface area contributed by atoms with Gasteiger partial charge in [-0.3, -0.25) is 0 Å². The van der Waals surface area contributed by atoms with Crippen molar-refractivity contribution in [2.75, 3.05) is 5.75 Å². The minimum atomic E-state index is 0.571. The van der Waals surface area contributed by atoms with Crippen LogP contribution in [0.1, 0.15) is 26.2 Å². The number of ether oxygens (including phenoxy) is 1. The van der Waals surface area contributed by atoms with E-state index in [-0.39, 0.29) is 0 Å². The molecule has 58 valence electrons. The Kier molecular flexibility index (Phi) is 1.92. The molecule has 0 radical (unpaired) electrons. The van der Waals surface area contributed by atoms with Gasteiger partial charge in [0.2, 0.25) is 0 Å². The summed E-state index contributed by atoms with van der Waals surface area (Å²) < 4.78 is 5.37. The SMILES string of the molecule is CC1OC1CC1CCCS1. The summed E-state index contributed by atoms with van der Waals surface area (Å²) in [6.07, 6.45) is 5.36. The van der Waals surface area contributed by atoms with Gasteiger partial charge in [-0.25, -0.2) is 0 Å². The van der Waals surface area contributed by atoms with Crippen molar-refractivity contribution >= 4 is 11.8 Å². The lowest BCUT2D eigenvalue weighted by atomic mass is 10.1. The van der Waals surface area contributed by atoms with Crippen molar-refractivity contribution in [1.82, 2.24) is 0 Å². The molecule has 2 saturated heterocycles. The van der Waals surface area contributed by atoms with E-state index in [9.17, 15) is 0 Å². The minimum absolute atomic E-state index is 0.571. The van der Waals surface area contributed by atoms with Crippen molar-refractivity contribution in [2.45, 2.75) is 43.6 Å². The molecule has 0 aromatic carbocycles. The van der Waals surface area contributed by atoms with Gasteiger partial charge in [0.05, 0.1) is 12.2 Å². The van der Waals surface area contributed by atoms with E-state index in [0.29, 0.717) is 12.2 Å². The molecule has 0 aliphatic carbocycles. The van der Waals surface area contributed by atoms with Crippen LogP contribution in [0.5, 0.6) is 0 Å². The topological polar surface area (TPSA) is 12.5 Å². The Morgan fingerprint density at radius 3 is 2.90 bits per heavy atom. The molecule has 0 saturated carbocycles. The largest absolute Gasteiger partial charge is 0.370 e. The summed E-state index contributed by atoms with van der Waals surface area (Å²) in [5.74, 6) is 1.38. The average Bonchev–Trinajstić information content (AvgIpc) is 2.48. The van der Waals surface area contributed by atoms with Crippen LogP contribution in [0, 0.1) is 0 Å². The van der Waals surface area contributed by atoms with Gasteiger partial charge in [0.15, 0.2) is 0 Å². The Hall–Kier alpha value is 0.310. The first-order chi connectivity index (χ1) is 4.86. The lowest BCUT2D eigenvalue weighted by Crippen LogP contribution is -2.02. The quantitative estimate of drug-likeness (QED) is 0.570. The highest BCUT2D eigenvalue weighted by Gasteiger charge is 2.36. The molecule has 0 N–H and O–H groups in total. The van der Waals surface area contributed by atoms with E-state index in [0.717, 1.165) is 5.25 Å². The molecule has 2 heterocycles. The van der Waals surface area contributed by atoms with Gasteiger partial charge in [-0.2, -0.15) is 11.8 Å². The van der Waals surface area contributed by atoms with Crippen LogP contribution >= 0.6 is 11.8 Å². The summed E-state index contributed by atoms with van der Waals surface area (Å²) >= 11 is 2.13. The van der Waals surface area contributed by atoms with Gasteiger partial charge in [-0.05, 0) is 31.9 Å². The fraction of sp³-hybridized carbons (Fsp3) is 1.00. The molecule has 2 heteroatoms. The van der Waals surface area contributed by atoms with Crippen molar-refractivity contribution in [3.05, 3.63) is 0 Å². The van der Waals surface area contributed by atoms with Gasteiger partial charge in [-0.1, -0.05) is 0 Å². The molecule has 0 amide bonds. The highest BCUT2D eigenvalue weighted by molar-refractivity contribution is 8.00. The zero-order valence-electron chi connectivity index (χ0n) is 6.38. The molecule has 0 aromatic rings. The number of epoxide rings is 1. The van der Waals surface area contributed by atoms with E-state index in [1.807, 2.05) is 0 Å². The van der Waals surface area contributed by atoms with E-state index < -0.39 is 0 Å². The molecule has 2 rings (SSSR count). The first-order valence-corrected chi connectivity index (χ1v) is 5.18. The molecular formula is C8H14OS. The maximum atomic E-state index is 5.37. The lowest BCUT2D eigenvalue weighted by molar-refractivity contribution is 0.368. The highest BCUT2D eigenvalue weighted by atomic mass is 32.2. The van der Waals surface area contributed by atoms with Crippen molar-refractivity contribution in [3.63, 3.8) is 0 Å². The number of rotatable bonds is 2. The van der Waals surface area contributed by atoms with Gasteiger partial charge in [0, 0.05) is 5.25 Å². The van der Waals surface area contributed by atoms with Gasteiger partial charge in [0.1, 0.15) is 0 Å². The predicted octanol–water partition coefficient (Wildman–Crippen LogP) is 2.06. The van der Waals surface area contributed by atoms with Crippen LogP contribution in [-0.2, 0) is 4.74 Å². The molecule has 2 aliphatic rings. The standard InChI is InChI=1S/C8H14OS/c1-6-8(9-6)5-7-3-2-4-10-7/h6-8H,2-5H2,1H3. The first-order valence-electron chi connectivity index (χ1n) is 4.13. The summed E-state index contributed by atoms with van der Waals surface area (Å²) in [5.41, 5.74) is 0. The van der Waals surface area contributed by atoms with Crippen molar-refractivity contribution in [1.29, 1.82) is 0 Å². The third kappa shape index (κ3) is 1.48. The number of hydrogen-bond acceptors (Lipinski definition) is 2. The van der Waals surface area contributed by atoms with Crippen molar-refractivity contribution in [2.24, 2.45) is 0 Å². The Bertz CT molecular complexity index is 120. The molecule has 1 nitrogen and oxygen atoms in total. The monoisotopic (exact) mass is 158 g/mol. The Balaban J connectivity index is 1.70. The van der Waals surface area contributed by atoms with Crippen LogP contribution < -0.4 is 0 Å². The van der Waals surface area contributed by atoms with E-state index in [2.05, 4.69) is 18.7 Å². The second-order valence-corrected chi connectivity index (χ2v) is 4.66. The van der Waals surface area contributed by atoms with E-state index >= 15 is 0 Å². The molecule has 0 aromatic heterocycles. The summed E-state index contributed by atoms with van der Waals surface area (Å²) in [5, 5.41) is 0.926. The zero-order chi connectivity index (χ0) is 6.97. The molecule has 0 bridgehead atoms. The van der Waals surface area contributed by atoms with Gasteiger partial charge in [0.25, 0.3) is 0 Å². The van der Waals surface area contributed by atoms with E-state index in [4.69, 9.17) is 4.74 Å². The lowest BCUT2D eigenvalue weighted by Gasteiger charge is -2.03. The summed E-state index contributed by atoms with van der Waals surface area (Å²) in [4.78, 5) is 0. The Morgan fingerprint density at radius 1 is 1.60 bits per heavy atom. The fourth-order valence-corrected chi connectivity index (χ4v) is 2.89. The van der Waals surface area contributed by atoms with Gasteiger partial charge in [-0.15, -0.1) is 0 Å². The third-order valence-electron chi connectivity index (χ3n) is 2.36.